The van der Waals surface area contributed by atoms with Crippen LogP contribution in [0.25, 0.3) is 0 Å². The molecule has 2 rings (SSSR count). The fourth-order valence-electron chi connectivity index (χ4n) is 3.58. The van der Waals surface area contributed by atoms with Crippen LogP contribution in [0.15, 0.2) is 30.3 Å². The van der Waals surface area contributed by atoms with Crippen LogP contribution in [-0.4, -0.2) is 27.9 Å². The van der Waals surface area contributed by atoms with Gasteiger partial charge in [-0.3, -0.25) is 0 Å². The molecule has 3 N–H and O–H groups in total. The van der Waals surface area contributed by atoms with Crippen molar-refractivity contribution in [2.45, 2.75) is 71.6 Å². The molecule has 0 aliphatic carbocycles. The maximum absolute atomic E-state index is 11.1. The summed E-state index contributed by atoms with van der Waals surface area (Å²) in [6, 6.07) is 8.84. The molecule has 0 heterocycles. The van der Waals surface area contributed by atoms with E-state index in [2.05, 4.69) is 6.92 Å². The molecule has 0 spiro atoms. The molecule has 2 aromatic carbocycles. The second kappa shape index (κ2) is 11.5. The first-order valence-corrected chi connectivity index (χ1v) is 10.9. The van der Waals surface area contributed by atoms with Crippen LogP contribution in [0.1, 0.15) is 85.8 Å². The summed E-state index contributed by atoms with van der Waals surface area (Å²) in [5.41, 5.74) is 2.79. The molecule has 2 aromatic rings. The number of carbonyl (C=O) groups is 1. The Bertz CT molecular complexity index is 842. The third-order valence-corrected chi connectivity index (χ3v) is 5.31. The van der Waals surface area contributed by atoms with E-state index in [0.29, 0.717) is 12.2 Å². The second-order valence-corrected chi connectivity index (χ2v) is 8.06. The van der Waals surface area contributed by atoms with E-state index in [1.165, 1.54) is 0 Å². The minimum atomic E-state index is -0.919. The standard InChI is InChI=1S/C25H34O5/c1-4-9-19-16-20(25(28)29)12-14-22(19)30-15-8-6-5-7-10-18-11-13-21(17(2)3)24(27)23(18)26/h11-14,16-17,26-27H,4-10,15H2,1-3H3,(H,28,29). The van der Waals surface area contributed by atoms with Gasteiger partial charge in [-0.05, 0) is 60.9 Å². The van der Waals surface area contributed by atoms with Gasteiger partial charge in [0.1, 0.15) is 5.75 Å². The number of phenolic OH excluding ortho intramolecular Hbond substituents is 2. The Morgan fingerprint density at radius 1 is 0.933 bits per heavy atom. The Hall–Kier alpha value is -2.69. The van der Waals surface area contributed by atoms with Gasteiger partial charge in [-0.1, -0.05) is 52.2 Å². The van der Waals surface area contributed by atoms with E-state index in [1.807, 2.05) is 26.0 Å². The average molecular weight is 415 g/mol. The average Bonchev–Trinajstić information content (AvgIpc) is 2.71. The smallest absolute Gasteiger partial charge is 0.335 e. The van der Waals surface area contributed by atoms with Crippen LogP contribution in [0.4, 0.5) is 0 Å². The van der Waals surface area contributed by atoms with Crippen LogP contribution >= 0.6 is 0 Å². The Morgan fingerprint density at radius 3 is 2.33 bits per heavy atom. The highest BCUT2D eigenvalue weighted by Gasteiger charge is 2.13. The molecule has 0 amide bonds. The van der Waals surface area contributed by atoms with Gasteiger partial charge >= 0.3 is 5.97 Å². The van der Waals surface area contributed by atoms with E-state index in [0.717, 1.165) is 67.4 Å². The monoisotopic (exact) mass is 414 g/mol. The van der Waals surface area contributed by atoms with Gasteiger partial charge in [0.15, 0.2) is 11.5 Å². The number of rotatable bonds is 12. The molecule has 0 aliphatic heterocycles. The highest BCUT2D eigenvalue weighted by Crippen LogP contribution is 2.37. The number of hydrogen-bond donors (Lipinski definition) is 3. The van der Waals surface area contributed by atoms with Crippen LogP contribution in [0.5, 0.6) is 17.2 Å². The number of carboxylic acid groups (broad SMARTS) is 1. The maximum atomic E-state index is 11.1. The number of aromatic carboxylic acids is 1. The highest BCUT2D eigenvalue weighted by molar-refractivity contribution is 5.88. The zero-order valence-electron chi connectivity index (χ0n) is 18.3. The lowest BCUT2D eigenvalue weighted by Crippen LogP contribution is -2.03. The number of ether oxygens (including phenoxy) is 1. The molecule has 0 aromatic heterocycles. The highest BCUT2D eigenvalue weighted by atomic mass is 16.5. The number of aryl methyl sites for hydroxylation is 2. The molecule has 0 aliphatic rings. The summed E-state index contributed by atoms with van der Waals surface area (Å²) in [5.74, 6) is 0.0400. The Labute approximate surface area is 179 Å². The lowest BCUT2D eigenvalue weighted by Gasteiger charge is -2.13. The summed E-state index contributed by atoms with van der Waals surface area (Å²) in [6.45, 7) is 6.63. The Kier molecular flexibility index (Phi) is 9.03. The van der Waals surface area contributed by atoms with Crippen molar-refractivity contribution >= 4 is 5.97 Å². The van der Waals surface area contributed by atoms with Gasteiger partial charge in [0, 0.05) is 5.56 Å². The summed E-state index contributed by atoms with van der Waals surface area (Å²) in [7, 11) is 0. The predicted molar refractivity (Wildman–Crippen MR) is 119 cm³/mol. The molecule has 0 saturated heterocycles. The van der Waals surface area contributed by atoms with Crippen molar-refractivity contribution < 1.29 is 24.9 Å². The van der Waals surface area contributed by atoms with Crippen LogP contribution in [-0.2, 0) is 12.8 Å². The first kappa shape index (κ1) is 23.6. The minimum Gasteiger partial charge on any atom is -0.504 e. The van der Waals surface area contributed by atoms with Crippen molar-refractivity contribution in [1.82, 2.24) is 0 Å². The molecular formula is C25H34O5. The Morgan fingerprint density at radius 2 is 1.67 bits per heavy atom. The van der Waals surface area contributed by atoms with E-state index in [4.69, 9.17) is 9.84 Å². The zero-order chi connectivity index (χ0) is 22.1. The van der Waals surface area contributed by atoms with Crippen molar-refractivity contribution in [2.24, 2.45) is 0 Å². The minimum absolute atomic E-state index is 0.00713. The normalized spacial score (nSPS) is 11.1. The van der Waals surface area contributed by atoms with Crippen molar-refractivity contribution in [3.8, 4) is 17.2 Å². The van der Waals surface area contributed by atoms with Gasteiger partial charge in [0.05, 0.1) is 12.2 Å². The molecular weight excluding hydrogens is 380 g/mol. The van der Waals surface area contributed by atoms with E-state index in [1.54, 1.807) is 18.2 Å². The lowest BCUT2D eigenvalue weighted by atomic mass is 9.97. The number of unbranched alkanes of at least 4 members (excludes halogenated alkanes) is 3. The Balaban J connectivity index is 1.75. The maximum Gasteiger partial charge on any atom is 0.335 e. The summed E-state index contributed by atoms with van der Waals surface area (Å²) in [4.78, 5) is 11.1. The van der Waals surface area contributed by atoms with Crippen LogP contribution in [0, 0.1) is 0 Å². The molecule has 5 heteroatoms. The van der Waals surface area contributed by atoms with Crippen LogP contribution in [0.2, 0.25) is 0 Å². The number of carboxylic acids is 1. The van der Waals surface area contributed by atoms with Gasteiger partial charge in [0.25, 0.3) is 0 Å². The molecule has 30 heavy (non-hydrogen) atoms. The first-order chi connectivity index (χ1) is 14.3. The number of phenols is 2. The summed E-state index contributed by atoms with van der Waals surface area (Å²) < 4.78 is 5.89. The van der Waals surface area contributed by atoms with Gasteiger partial charge in [0.2, 0.25) is 0 Å². The topological polar surface area (TPSA) is 87.0 Å². The summed E-state index contributed by atoms with van der Waals surface area (Å²) in [6.07, 6.45) is 6.32. The third kappa shape index (κ3) is 6.41. The number of hydrogen-bond acceptors (Lipinski definition) is 4. The molecule has 5 nitrogen and oxygen atoms in total. The fraction of sp³-hybridized carbons (Fsp3) is 0.480. The zero-order valence-corrected chi connectivity index (χ0v) is 18.3. The van der Waals surface area contributed by atoms with Crippen molar-refractivity contribution in [3.05, 3.63) is 52.6 Å². The SMILES string of the molecule is CCCc1cc(C(=O)O)ccc1OCCCCCCc1ccc(C(C)C)c(O)c1O. The van der Waals surface area contributed by atoms with Crippen molar-refractivity contribution in [1.29, 1.82) is 0 Å². The molecule has 0 unspecified atom stereocenters. The van der Waals surface area contributed by atoms with E-state index in [-0.39, 0.29) is 17.4 Å². The molecule has 164 valence electrons. The predicted octanol–water partition coefficient (Wildman–Crippen LogP) is 6.05. The van der Waals surface area contributed by atoms with Crippen molar-refractivity contribution in [2.75, 3.05) is 6.61 Å². The van der Waals surface area contributed by atoms with Gasteiger partial charge in [-0.2, -0.15) is 0 Å². The largest absolute Gasteiger partial charge is 0.504 e. The third-order valence-electron chi connectivity index (χ3n) is 5.31. The first-order valence-electron chi connectivity index (χ1n) is 10.9. The molecule has 0 radical (unpaired) electrons. The number of aromatic hydroxyl groups is 2. The summed E-state index contributed by atoms with van der Waals surface area (Å²) >= 11 is 0. The molecule has 0 bridgehead atoms. The van der Waals surface area contributed by atoms with Gasteiger partial charge in [-0.25, -0.2) is 4.79 Å². The molecule has 0 saturated carbocycles. The van der Waals surface area contributed by atoms with E-state index >= 15 is 0 Å². The van der Waals surface area contributed by atoms with Crippen LogP contribution < -0.4 is 4.74 Å². The van der Waals surface area contributed by atoms with E-state index in [9.17, 15) is 15.0 Å². The lowest BCUT2D eigenvalue weighted by molar-refractivity contribution is 0.0696. The van der Waals surface area contributed by atoms with Crippen LogP contribution in [0.3, 0.4) is 0 Å². The van der Waals surface area contributed by atoms with Crippen molar-refractivity contribution in [3.63, 3.8) is 0 Å². The molecule has 0 fully saturated rings. The number of benzene rings is 2. The van der Waals surface area contributed by atoms with Gasteiger partial charge in [-0.15, -0.1) is 0 Å². The second-order valence-electron chi connectivity index (χ2n) is 8.06. The van der Waals surface area contributed by atoms with E-state index < -0.39 is 5.97 Å². The summed E-state index contributed by atoms with van der Waals surface area (Å²) in [5, 5.41) is 29.5. The molecule has 0 atom stereocenters. The van der Waals surface area contributed by atoms with Gasteiger partial charge < -0.3 is 20.1 Å². The quantitative estimate of drug-likeness (QED) is 0.290. The fourth-order valence-corrected chi connectivity index (χ4v) is 3.58.